The summed E-state index contributed by atoms with van der Waals surface area (Å²) in [5, 5.41) is 1.89. The molecular formula is C26H26N4O5S. The average molecular weight is 507 g/mol. The zero-order valence-electron chi connectivity index (χ0n) is 20.1. The number of nitrogens with zero attached hydrogens (tertiary/aromatic N) is 3. The van der Waals surface area contributed by atoms with Gasteiger partial charge in [0.05, 0.1) is 18.3 Å². The number of likely N-dealkylation sites (N-methyl/N-ethyl adjacent to an activating group) is 1. The van der Waals surface area contributed by atoms with Crippen molar-refractivity contribution in [3.05, 3.63) is 72.1 Å². The Bertz CT molecular complexity index is 1250. The second-order valence-corrected chi connectivity index (χ2v) is 9.08. The largest absolute Gasteiger partial charge is 0.492 e. The summed E-state index contributed by atoms with van der Waals surface area (Å²) in [5.41, 5.74) is 1.07. The van der Waals surface area contributed by atoms with Crippen molar-refractivity contribution in [3.63, 3.8) is 0 Å². The van der Waals surface area contributed by atoms with Crippen molar-refractivity contribution in [2.24, 2.45) is 0 Å². The summed E-state index contributed by atoms with van der Waals surface area (Å²) in [6.07, 6.45) is 3.39. The Morgan fingerprint density at radius 1 is 1.00 bits per heavy atom. The first-order valence-corrected chi connectivity index (χ1v) is 12.1. The minimum absolute atomic E-state index is 0.107. The maximum absolute atomic E-state index is 11.7. The van der Waals surface area contributed by atoms with E-state index in [1.165, 1.54) is 0 Å². The maximum atomic E-state index is 11.7. The van der Waals surface area contributed by atoms with Gasteiger partial charge in [0.1, 0.15) is 23.9 Å². The molecule has 0 unspecified atom stereocenters. The predicted octanol–water partition coefficient (Wildman–Crippen LogP) is 4.90. The van der Waals surface area contributed by atoms with Crippen molar-refractivity contribution in [2.75, 3.05) is 25.1 Å². The van der Waals surface area contributed by atoms with Gasteiger partial charge in [-0.3, -0.25) is 9.59 Å². The van der Waals surface area contributed by atoms with E-state index in [1.54, 1.807) is 18.3 Å². The highest BCUT2D eigenvalue weighted by molar-refractivity contribution is 8.27. The fraction of sp³-hybridized carbons (Fsp3) is 0.231. The summed E-state index contributed by atoms with van der Waals surface area (Å²) in [4.78, 5) is 33.6. The van der Waals surface area contributed by atoms with E-state index in [9.17, 15) is 9.59 Å². The van der Waals surface area contributed by atoms with Crippen LogP contribution < -0.4 is 24.4 Å². The summed E-state index contributed by atoms with van der Waals surface area (Å²) < 4.78 is 17.3. The van der Waals surface area contributed by atoms with Crippen LogP contribution in [0.3, 0.4) is 0 Å². The lowest BCUT2D eigenvalue weighted by Gasteiger charge is -2.18. The molecule has 1 N–H and O–H groups in total. The Labute approximate surface area is 213 Å². The number of rotatable bonds is 10. The van der Waals surface area contributed by atoms with E-state index >= 15 is 0 Å². The molecule has 0 atom stereocenters. The van der Waals surface area contributed by atoms with Crippen LogP contribution in [0.1, 0.15) is 19.4 Å². The molecule has 1 amide bonds. The molecule has 10 heteroatoms. The topological polar surface area (TPSA) is 103 Å². The van der Waals surface area contributed by atoms with Crippen molar-refractivity contribution in [1.82, 2.24) is 15.3 Å². The quantitative estimate of drug-likeness (QED) is 0.385. The number of carbonyl (C=O) groups excluding carboxylic acids is 2. The number of aromatic nitrogens is 2. The van der Waals surface area contributed by atoms with Crippen molar-refractivity contribution in [1.29, 1.82) is 0 Å². The minimum atomic E-state index is -0.359. The number of thioether (sulfide) groups is 1. The molecule has 3 aromatic rings. The third kappa shape index (κ3) is 6.98. The highest BCUT2D eigenvalue weighted by atomic mass is 32.2. The van der Waals surface area contributed by atoms with E-state index in [4.69, 9.17) is 14.2 Å². The molecule has 186 valence electrons. The van der Waals surface area contributed by atoms with Crippen LogP contribution in [0.5, 0.6) is 23.1 Å². The number of hydrogen-bond acceptors (Lipinski definition) is 9. The van der Waals surface area contributed by atoms with Gasteiger partial charge < -0.3 is 24.4 Å². The number of hydrogen-bond donors (Lipinski definition) is 1. The molecule has 1 aliphatic heterocycles. The monoisotopic (exact) mass is 506 g/mol. The first-order valence-electron chi connectivity index (χ1n) is 11.3. The van der Waals surface area contributed by atoms with Crippen molar-refractivity contribution < 1.29 is 23.8 Å². The van der Waals surface area contributed by atoms with Crippen LogP contribution in [0.25, 0.3) is 6.08 Å². The Hall–Kier alpha value is -4.05. The highest BCUT2D eigenvalue weighted by Gasteiger charge is 2.25. The summed E-state index contributed by atoms with van der Waals surface area (Å²) >= 11 is 0.657. The molecule has 1 fully saturated rings. The average Bonchev–Trinajstić information content (AvgIpc) is 3.17. The van der Waals surface area contributed by atoms with Gasteiger partial charge in [0, 0.05) is 31.1 Å². The van der Waals surface area contributed by atoms with E-state index < -0.39 is 0 Å². The van der Waals surface area contributed by atoms with E-state index in [2.05, 4.69) is 15.3 Å². The van der Waals surface area contributed by atoms with Crippen LogP contribution in [-0.4, -0.2) is 46.6 Å². The molecule has 2 aromatic carbocycles. The highest BCUT2D eigenvalue weighted by Crippen LogP contribution is 2.24. The van der Waals surface area contributed by atoms with Gasteiger partial charge in [-0.25, -0.2) is 4.98 Å². The minimum Gasteiger partial charge on any atom is -0.492 e. The molecule has 4 rings (SSSR count). The van der Waals surface area contributed by atoms with E-state index in [-0.39, 0.29) is 22.2 Å². The Morgan fingerprint density at radius 2 is 1.69 bits per heavy atom. The smallest absolute Gasteiger partial charge is 0.291 e. The van der Waals surface area contributed by atoms with E-state index in [1.807, 2.05) is 74.3 Å². The summed E-state index contributed by atoms with van der Waals surface area (Å²) in [5.74, 6) is 3.07. The normalized spacial score (nSPS) is 14.2. The number of nitrogens with one attached hydrogen (secondary N) is 1. The first-order chi connectivity index (χ1) is 17.4. The maximum Gasteiger partial charge on any atom is 0.291 e. The lowest BCUT2D eigenvalue weighted by molar-refractivity contribution is -0.107. The molecule has 36 heavy (non-hydrogen) atoms. The van der Waals surface area contributed by atoms with Gasteiger partial charge in [-0.15, -0.1) is 0 Å². The third-order valence-corrected chi connectivity index (χ3v) is 5.60. The number of anilines is 1. The van der Waals surface area contributed by atoms with Crippen molar-refractivity contribution in [3.8, 4) is 23.1 Å². The van der Waals surface area contributed by atoms with E-state index in [0.29, 0.717) is 48.2 Å². The van der Waals surface area contributed by atoms with Gasteiger partial charge in [-0.2, -0.15) is 4.98 Å². The summed E-state index contributed by atoms with van der Waals surface area (Å²) in [7, 11) is 1.88. The summed E-state index contributed by atoms with van der Waals surface area (Å²) in [6, 6.07) is 16.3. The van der Waals surface area contributed by atoms with Gasteiger partial charge in [0.2, 0.25) is 16.9 Å². The van der Waals surface area contributed by atoms with Gasteiger partial charge in [-0.1, -0.05) is 12.1 Å². The van der Waals surface area contributed by atoms with Crippen LogP contribution >= 0.6 is 11.8 Å². The molecule has 0 aliphatic carbocycles. The molecule has 0 saturated carbocycles. The molecule has 0 bridgehead atoms. The molecule has 0 spiro atoms. The first kappa shape index (κ1) is 25.1. The molecule has 1 aromatic heterocycles. The molecule has 0 radical (unpaired) electrons. The van der Waals surface area contributed by atoms with Crippen LogP contribution in [0.15, 0.2) is 66.5 Å². The van der Waals surface area contributed by atoms with Gasteiger partial charge in [0.15, 0.2) is 0 Å². The molecule has 2 heterocycles. The Kier molecular flexibility index (Phi) is 8.06. The summed E-state index contributed by atoms with van der Waals surface area (Å²) in [6.45, 7) is 4.92. The molecular weight excluding hydrogens is 480 g/mol. The number of ether oxygens (including phenoxy) is 3. The third-order valence-electron chi connectivity index (χ3n) is 4.91. The SMILES string of the molecule is CC(C)Oc1ccc(Oc2ccnc(N(C)CCOc3ccc(C=C4NC(=O)SC4=O)cc3)n2)cc1. The second kappa shape index (κ2) is 11.6. The molecule has 1 aliphatic rings. The molecule has 1 saturated heterocycles. The Balaban J connectivity index is 1.27. The van der Waals surface area contributed by atoms with Crippen LogP contribution in [0.4, 0.5) is 10.7 Å². The van der Waals surface area contributed by atoms with Crippen molar-refractivity contribution >= 4 is 34.1 Å². The second-order valence-electron chi connectivity index (χ2n) is 8.13. The van der Waals surface area contributed by atoms with Crippen molar-refractivity contribution in [2.45, 2.75) is 20.0 Å². The lowest BCUT2D eigenvalue weighted by Crippen LogP contribution is -2.25. The molecule has 9 nitrogen and oxygen atoms in total. The zero-order chi connectivity index (χ0) is 25.5. The Morgan fingerprint density at radius 3 is 2.36 bits per heavy atom. The predicted molar refractivity (Wildman–Crippen MR) is 139 cm³/mol. The van der Waals surface area contributed by atoms with Crippen LogP contribution in [0, 0.1) is 0 Å². The van der Waals surface area contributed by atoms with Gasteiger partial charge in [-0.05, 0) is 61.9 Å². The standard InChI is InChI=1S/C26H26N4O5S/c1-17(2)34-20-8-10-21(11-9-20)35-23-12-13-27-25(29-23)30(3)14-15-33-19-6-4-18(5-7-19)16-22-24(31)36-26(32)28-22/h4-13,16-17H,14-15H2,1-3H3,(H,28,32). The number of benzene rings is 2. The van der Waals surface area contributed by atoms with E-state index in [0.717, 1.165) is 11.3 Å². The number of amides is 1. The number of carbonyl (C=O) groups is 2. The fourth-order valence-electron chi connectivity index (χ4n) is 3.20. The fourth-order valence-corrected chi connectivity index (χ4v) is 3.75. The van der Waals surface area contributed by atoms with Gasteiger partial charge in [0.25, 0.3) is 5.24 Å². The zero-order valence-corrected chi connectivity index (χ0v) is 21.0. The lowest BCUT2D eigenvalue weighted by atomic mass is 10.2. The van der Waals surface area contributed by atoms with Crippen LogP contribution in [0.2, 0.25) is 0 Å². The van der Waals surface area contributed by atoms with Crippen LogP contribution in [-0.2, 0) is 4.79 Å². The van der Waals surface area contributed by atoms with Gasteiger partial charge >= 0.3 is 0 Å².